The summed E-state index contributed by atoms with van der Waals surface area (Å²) in [6, 6.07) is 9.91. The van der Waals surface area contributed by atoms with Crippen molar-refractivity contribution < 1.29 is 0 Å². The maximum absolute atomic E-state index is 4.77. The fourth-order valence-corrected chi connectivity index (χ4v) is 4.22. The Balaban J connectivity index is 1.34. The van der Waals surface area contributed by atoms with Gasteiger partial charge in [0.05, 0.1) is 6.21 Å². The molecular weight excluding hydrogens is 346 g/mol. The zero-order chi connectivity index (χ0) is 19.8. The number of rotatable bonds is 8. The summed E-state index contributed by atoms with van der Waals surface area (Å²) in [6.45, 7) is 12.7. The monoisotopic (exact) mass is 385 g/mol. The molecule has 2 atom stereocenters. The summed E-state index contributed by atoms with van der Waals surface area (Å²) in [5.74, 6) is 0. The molecule has 2 aliphatic rings. The van der Waals surface area contributed by atoms with E-state index in [1.807, 2.05) is 6.21 Å². The zero-order valence-corrected chi connectivity index (χ0v) is 18.1. The van der Waals surface area contributed by atoms with Gasteiger partial charge in [0, 0.05) is 44.8 Å². The van der Waals surface area contributed by atoms with E-state index in [0.29, 0.717) is 12.1 Å². The van der Waals surface area contributed by atoms with Crippen molar-refractivity contribution in [2.45, 2.75) is 58.2 Å². The molecule has 156 valence electrons. The minimum Gasteiger partial charge on any atom is -0.313 e. The number of hydrogen-bond acceptors (Lipinski definition) is 5. The highest BCUT2D eigenvalue weighted by molar-refractivity contribution is 5.79. The van der Waals surface area contributed by atoms with Crippen LogP contribution in [0, 0.1) is 0 Å². The summed E-state index contributed by atoms with van der Waals surface area (Å²) >= 11 is 0. The second-order valence-corrected chi connectivity index (χ2v) is 8.67. The Bertz CT molecular complexity index is 582. The van der Waals surface area contributed by atoms with Crippen molar-refractivity contribution in [2.75, 3.05) is 46.3 Å². The highest BCUT2D eigenvalue weighted by atomic mass is 15.5. The largest absolute Gasteiger partial charge is 0.313 e. The van der Waals surface area contributed by atoms with Gasteiger partial charge in [-0.25, -0.2) is 0 Å². The van der Waals surface area contributed by atoms with Crippen molar-refractivity contribution >= 4 is 6.21 Å². The van der Waals surface area contributed by atoms with Crippen LogP contribution in [0.5, 0.6) is 0 Å². The van der Waals surface area contributed by atoms with E-state index in [1.54, 1.807) is 0 Å². The van der Waals surface area contributed by atoms with Crippen LogP contribution in [0.1, 0.15) is 50.7 Å². The minimum atomic E-state index is 0.550. The highest BCUT2D eigenvalue weighted by Gasteiger charge is 2.22. The predicted octanol–water partition coefficient (Wildman–Crippen LogP) is 3.01. The van der Waals surface area contributed by atoms with Gasteiger partial charge < -0.3 is 15.1 Å². The second kappa shape index (κ2) is 10.9. The van der Waals surface area contributed by atoms with Gasteiger partial charge in [-0.05, 0) is 70.8 Å². The molecule has 0 bridgehead atoms. The van der Waals surface area contributed by atoms with Gasteiger partial charge in [0.25, 0.3) is 0 Å². The molecule has 2 aliphatic heterocycles. The molecule has 0 radical (unpaired) electrons. The Labute approximate surface area is 171 Å². The number of likely N-dealkylation sites (N-methyl/N-ethyl adjacent to an activating group) is 1. The van der Waals surface area contributed by atoms with Gasteiger partial charge in [-0.1, -0.05) is 24.3 Å². The van der Waals surface area contributed by atoms with Gasteiger partial charge >= 0.3 is 0 Å². The molecular formula is C23H39N5. The van der Waals surface area contributed by atoms with E-state index in [1.165, 1.54) is 69.5 Å². The van der Waals surface area contributed by atoms with Gasteiger partial charge in [-0.15, -0.1) is 0 Å². The van der Waals surface area contributed by atoms with Crippen LogP contribution in [-0.4, -0.2) is 79.4 Å². The molecule has 3 rings (SSSR count). The summed E-state index contributed by atoms with van der Waals surface area (Å²) in [7, 11) is 2.21. The van der Waals surface area contributed by atoms with Gasteiger partial charge in [0.15, 0.2) is 0 Å². The number of nitrogens with zero attached hydrogens (tertiary/aromatic N) is 4. The number of piperidine rings is 1. The normalized spacial score (nSPS) is 24.9. The van der Waals surface area contributed by atoms with E-state index in [0.717, 1.165) is 13.1 Å². The lowest BCUT2D eigenvalue weighted by molar-refractivity contribution is 0.109. The van der Waals surface area contributed by atoms with E-state index in [9.17, 15) is 0 Å². The quantitative estimate of drug-likeness (QED) is 0.551. The number of piperazine rings is 1. The number of nitrogens with one attached hydrogen (secondary N) is 1. The summed E-state index contributed by atoms with van der Waals surface area (Å²) in [5, 5.41) is 10.6. The average molecular weight is 386 g/mol. The second-order valence-electron chi connectivity index (χ2n) is 8.67. The minimum absolute atomic E-state index is 0.550. The van der Waals surface area contributed by atoms with Crippen molar-refractivity contribution in [1.82, 2.24) is 20.1 Å². The first-order valence-corrected chi connectivity index (χ1v) is 11.1. The van der Waals surface area contributed by atoms with Crippen LogP contribution < -0.4 is 5.32 Å². The maximum atomic E-state index is 4.77. The summed E-state index contributed by atoms with van der Waals surface area (Å²) in [6.07, 6.45) is 7.07. The molecule has 1 N–H and O–H groups in total. The summed E-state index contributed by atoms with van der Waals surface area (Å²) < 4.78 is 0. The Morgan fingerprint density at radius 3 is 2.39 bits per heavy atom. The van der Waals surface area contributed by atoms with Crippen molar-refractivity contribution in [2.24, 2.45) is 5.10 Å². The van der Waals surface area contributed by atoms with Crippen LogP contribution in [0.15, 0.2) is 29.4 Å². The first-order valence-electron chi connectivity index (χ1n) is 11.1. The van der Waals surface area contributed by atoms with Crippen LogP contribution in [0.4, 0.5) is 0 Å². The van der Waals surface area contributed by atoms with Crippen molar-refractivity contribution in [1.29, 1.82) is 0 Å². The third-order valence-electron chi connectivity index (χ3n) is 6.22. The van der Waals surface area contributed by atoms with Crippen LogP contribution in [0.2, 0.25) is 0 Å². The fourth-order valence-electron chi connectivity index (χ4n) is 4.22. The van der Waals surface area contributed by atoms with Gasteiger partial charge in [0.2, 0.25) is 0 Å². The van der Waals surface area contributed by atoms with Crippen LogP contribution in [-0.2, 0) is 6.54 Å². The Kier molecular flexibility index (Phi) is 8.31. The fraction of sp³-hybridized carbons (Fsp3) is 0.696. The lowest BCUT2D eigenvalue weighted by Gasteiger charge is -2.36. The predicted molar refractivity (Wildman–Crippen MR) is 119 cm³/mol. The molecule has 1 aromatic rings. The van der Waals surface area contributed by atoms with E-state index in [4.69, 9.17) is 5.10 Å². The number of hydrogen-bond donors (Lipinski definition) is 1. The molecule has 2 saturated heterocycles. The maximum Gasteiger partial charge on any atom is 0.0543 e. The highest BCUT2D eigenvalue weighted by Crippen LogP contribution is 2.22. The Morgan fingerprint density at radius 1 is 1.04 bits per heavy atom. The zero-order valence-electron chi connectivity index (χ0n) is 18.1. The van der Waals surface area contributed by atoms with Crippen LogP contribution in [0.3, 0.4) is 0 Å². The third kappa shape index (κ3) is 6.57. The molecule has 5 heteroatoms. The van der Waals surface area contributed by atoms with Crippen LogP contribution >= 0.6 is 0 Å². The standard InChI is InChI=1S/C23H39N5/c1-20-6-4-7-21(2)28(20)25-19-23-10-8-22(9-11-23)18-24-12-5-13-27-16-14-26(3)15-17-27/h8-11,19-21,24H,4-7,12-18H2,1-3H3/b25-19+. The Morgan fingerprint density at radius 2 is 1.71 bits per heavy atom. The van der Waals surface area contributed by atoms with E-state index < -0.39 is 0 Å². The molecule has 28 heavy (non-hydrogen) atoms. The molecule has 0 amide bonds. The smallest absolute Gasteiger partial charge is 0.0543 e. The summed E-state index contributed by atoms with van der Waals surface area (Å²) in [5.41, 5.74) is 2.53. The van der Waals surface area contributed by atoms with E-state index in [-0.39, 0.29) is 0 Å². The molecule has 0 aliphatic carbocycles. The molecule has 0 saturated carbocycles. The molecule has 2 fully saturated rings. The third-order valence-corrected chi connectivity index (χ3v) is 6.22. The SMILES string of the molecule is CC1CCCC(C)N1/N=C/c1ccc(CNCCCN2CCN(C)CC2)cc1. The number of benzene rings is 1. The van der Waals surface area contributed by atoms with Gasteiger partial charge in [-0.2, -0.15) is 5.10 Å². The van der Waals surface area contributed by atoms with Crippen molar-refractivity contribution in [3.63, 3.8) is 0 Å². The Hall–Kier alpha value is -1.43. The van der Waals surface area contributed by atoms with Crippen LogP contribution in [0.25, 0.3) is 0 Å². The molecule has 2 unspecified atom stereocenters. The van der Waals surface area contributed by atoms with E-state index in [2.05, 4.69) is 65.3 Å². The van der Waals surface area contributed by atoms with Crippen molar-refractivity contribution in [3.05, 3.63) is 35.4 Å². The summed E-state index contributed by atoms with van der Waals surface area (Å²) in [4.78, 5) is 5.00. The first kappa shape index (κ1) is 21.3. The first-order chi connectivity index (χ1) is 13.6. The number of hydrazone groups is 1. The lowest BCUT2D eigenvalue weighted by atomic mass is 10.00. The molecule has 0 aromatic heterocycles. The molecule has 2 heterocycles. The van der Waals surface area contributed by atoms with Gasteiger partial charge in [-0.3, -0.25) is 5.01 Å². The van der Waals surface area contributed by atoms with Crippen molar-refractivity contribution in [3.8, 4) is 0 Å². The lowest BCUT2D eigenvalue weighted by Crippen LogP contribution is -2.45. The van der Waals surface area contributed by atoms with E-state index >= 15 is 0 Å². The average Bonchev–Trinajstić information content (AvgIpc) is 2.70. The molecule has 5 nitrogen and oxygen atoms in total. The molecule has 1 aromatic carbocycles. The van der Waals surface area contributed by atoms with Gasteiger partial charge in [0.1, 0.15) is 0 Å². The topological polar surface area (TPSA) is 34.1 Å². The molecule has 0 spiro atoms.